The first-order valence-electron chi connectivity index (χ1n) is 5.66. The molecule has 1 unspecified atom stereocenters. The van der Waals surface area contributed by atoms with Crippen LogP contribution in [0.5, 0.6) is 0 Å². The van der Waals surface area contributed by atoms with E-state index in [-0.39, 0.29) is 17.4 Å². The van der Waals surface area contributed by atoms with Gasteiger partial charge in [-0.1, -0.05) is 0 Å². The number of nitrogens with one attached hydrogen (secondary N) is 1. The van der Waals surface area contributed by atoms with Crippen LogP contribution >= 0.6 is 0 Å². The molecule has 18 heavy (non-hydrogen) atoms. The highest BCUT2D eigenvalue weighted by Crippen LogP contribution is 2.23. The van der Waals surface area contributed by atoms with Gasteiger partial charge in [0.2, 0.25) is 0 Å². The lowest BCUT2D eigenvalue weighted by Gasteiger charge is -2.23. The second kappa shape index (κ2) is 4.01. The van der Waals surface area contributed by atoms with E-state index in [4.69, 9.17) is 5.73 Å². The molecule has 1 saturated heterocycles. The van der Waals surface area contributed by atoms with Crippen LogP contribution in [0.15, 0.2) is 12.3 Å². The van der Waals surface area contributed by atoms with Crippen LogP contribution in [0.3, 0.4) is 0 Å². The normalized spacial score (nSPS) is 26.1. The number of aromatic nitrogens is 1. The Kier molecular flexibility index (Phi) is 2.89. The number of rotatable bonds is 2. The topological polar surface area (TPSA) is 94.2 Å². The third-order valence-electron chi connectivity index (χ3n) is 3.18. The van der Waals surface area contributed by atoms with E-state index in [1.807, 2.05) is 0 Å². The van der Waals surface area contributed by atoms with E-state index < -0.39 is 15.4 Å². The fourth-order valence-electron chi connectivity index (χ4n) is 2.26. The zero-order valence-electron chi connectivity index (χ0n) is 10.4. The van der Waals surface area contributed by atoms with Crippen molar-refractivity contribution in [1.82, 2.24) is 9.88 Å². The van der Waals surface area contributed by atoms with Crippen LogP contribution < -0.4 is 11.1 Å². The molecule has 1 aliphatic heterocycles. The summed E-state index contributed by atoms with van der Waals surface area (Å²) in [6.45, 7) is 1.75. The predicted molar refractivity (Wildman–Crippen MR) is 69.0 cm³/mol. The van der Waals surface area contributed by atoms with E-state index in [9.17, 15) is 13.2 Å². The number of amides is 1. The van der Waals surface area contributed by atoms with E-state index in [0.717, 1.165) is 0 Å². The molecule has 6 nitrogen and oxygen atoms in total. The SMILES string of the molecule is Cn1cc(N)cc1C(=O)NC1(C)CCS(=O)(=O)C1. The van der Waals surface area contributed by atoms with Crippen molar-refractivity contribution >= 4 is 21.4 Å². The Hall–Kier alpha value is -1.50. The molecule has 7 heteroatoms. The van der Waals surface area contributed by atoms with Gasteiger partial charge in [0.15, 0.2) is 9.84 Å². The highest BCUT2D eigenvalue weighted by molar-refractivity contribution is 7.91. The third kappa shape index (κ3) is 2.50. The summed E-state index contributed by atoms with van der Waals surface area (Å²) in [7, 11) is -1.31. The summed E-state index contributed by atoms with van der Waals surface area (Å²) in [6, 6.07) is 1.57. The first kappa shape index (κ1) is 12.9. The number of nitrogens with two attached hydrogens (primary N) is 1. The van der Waals surface area contributed by atoms with Crippen molar-refractivity contribution in [1.29, 1.82) is 0 Å². The Bertz CT molecular complexity index is 591. The Morgan fingerprint density at radius 2 is 2.22 bits per heavy atom. The number of sulfone groups is 1. The average molecular weight is 271 g/mol. The van der Waals surface area contributed by atoms with Gasteiger partial charge in [0.25, 0.3) is 5.91 Å². The van der Waals surface area contributed by atoms with Crippen molar-refractivity contribution in [2.75, 3.05) is 17.2 Å². The molecule has 2 heterocycles. The zero-order chi connectivity index (χ0) is 13.6. The maximum Gasteiger partial charge on any atom is 0.268 e. The number of nitrogen functional groups attached to an aromatic ring is 1. The van der Waals surface area contributed by atoms with Crippen LogP contribution in [0.4, 0.5) is 5.69 Å². The van der Waals surface area contributed by atoms with Crippen molar-refractivity contribution < 1.29 is 13.2 Å². The van der Waals surface area contributed by atoms with Crippen molar-refractivity contribution in [2.24, 2.45) is 7.05 Å². The molecule has 3 N–H and O–H groups in total. The summed E-state index contributed by atoms with van der Waals surface area (Å²) in [6.07, 6.45) is 2.09. The lowest BCUT2D eigenvalue weighted by molar-refractivity contribution is 0.0907. The Morgan fingerprint density at radius 1 is 1.56 bits per heavy atom. The molecule has 1 atom stereocenters. The van der Waals surface area contributed by atoms with Gasteiger partial charge in [-0.05, 0) is 19.4 Å². The van der Waals surface area contributed by atoms with Gasteiger partial charge in [0.1, 0.15) is 5.69 Å². The quantitative estimate of drug-likeness (QED) is 0.786. The molecule has 1 fully saturated rings. The van der Waals surface area contributed by atoms with Crippen LogP contribution in [0.2, 0.25) is 0 Å². The number of aryl methyl sites for hydroxylation is 1. The number of carbonyl (C=O) groups excluding carboxylic acids is 1. The summed E-state index contributed by atoms with van der Waals surface area (Å²) in [5.41, 5.74) is 5.85. The molecule has 0 saturated carbocycles. The van der Waals surface area contributed by atoms with Crippen LogP contribution in [0.25, 0.3) is 0 Å². The van der Waals surface area contributed by atoms with Crippen LogP contribution in [-0.4, -0.2) is 35.9 Å². The van der Waals surface area contributed by atoms with Gasteiger partial charge in [-0.15, -0.1) is 0 Å². The summed E-state index contributed by atoms with van der Waals surface area (Å²) < 4.78 is 24.5. The molecule has 0 spiro atoms. The summed E-state index contributed by atoms with van der Waals surface area (Å²) >= 11 is 0. The minimum atomic E-state index is -3.03. The monoisotopic (exact) mass is 271 g/mol. The maximum atomic E-state index is 12.1. The number of hydrogen-bond acceptors (Lipinski definition) is 4. The van der Waals surface area contributed by atoms with E-state index >= 15 is 0 Å². The number of anilines is 1. The zero-order valence-corrected chi connectivity index (χ0v) is 11.3. The van der Waals surface area contributed by atoms with Crippen molar-refractivity contribution in [2.45, 2.75) is 18.9 Å². The standard InChI is InChI=1S/C11H17N3O3S/c1-11(3-4-18(16,17)7-11)13-10(15)9-5-8(12)6-14(9)2/h5-6H,3-4,7,12H2,1-2H3,(H,13,15). The second-order valence-corrected chi connectivity index (χ2v) is 7.31. The second-order valence-electron chi connectivity index (χ2n) is 5.13. The molecule has 0 bridgehead atoms. The van der Waals surface area contributed by atoms with Gasteiger partial charge in [0, 0.05) is 13.2 Å². The van der Waals surface area contributed by atoms with Gasteiger partial charge in [-0.2, -0.15) is 0 Å². The van der Waals surface area contributed by atoms with E-state index in [2.05, 4.69) is 5.32 Å². The molecule has 0 radical (unpaired) electrons. The lowest BCUT2D eigenvalue weighted by Crippen LogP contribution is -2.47. The fraction of sp³-hybridized carbons (Fsp3) is 0.545. The molecule has 2 rings (SSSR count). The lowest BCUT2D eigenvalue weighted by atomic mass is 10.0. The molecule has 0 aliphatic carbocycles. The van der Waals surface area contributed by atoms with Crippen molar-refractivity contribution in [3.05, 3.63) is 18.0 Å². The van der Waals surface area contributed by atoms with Gasteiger partial charge in [-0.3, -0.25) is 4.79 Å². The molecular formula is C11H17N3O3S. The highest BCUT2D eigenvalue weighted by Gasteiger charge is 2.39. The van der Waals surface area contributed by atoms with E-state index in [1.54, 1.807) is 30.8 Å². The maximum absolute atomic E-state index is 12.1. The van der Waals surface area contributed by atoms with Gasteiger partial charge in [0.05, 0.1) is 22.7 Å². The van der Waals surface area contributed by atoms with E-state index in [1.165, 1.54) is 0 Å². The predicted octanol–water partition coefficient (Wildman–Crippen LogP) is -0.0857. The average Bonchev–Trinajstić information content (AvgIpc) is 2.67. The van der Waals surface area contributed by atoms with Crippen molar-refractivity contribution in [3.63, 3.8) is 0 Å². The molecule has 1 aromatic heterocycles. The largest absolute Gasteiger partial charge is 0.397 e. The smallest absolute Gasteiger partial charge is 0.268 e. The number of hydrogen-bond donors (Lipinski definition) is 2. The molecular weight excluding hydrogens is 254 g/mol. The van der Waals surface area contributed by atoms with Gasteiger partial charge in [-0.25, -0.2) is 8.42 Å². The van der Waals surface area contributed by atoms with E-state index in [0.29, 0.717) is 17.8 Å². The molecule has 1 aromatic rings. The Labute approximate surface area is 106 Å². The summed E-state index contributed by atoms with van der Waals surface area (Å²) in [5.74, 6) is -0.182. The Balaban J connectivity index is 2.16. The van der Waals surface area contributed by atoms with Gasteiger partial charge >= 0.3 is 0 Å². The van der Waals surface area contributed by atoms with Crippen molar-refractivity contribution in [3.8, 4) is 0 Å². The van der Waals surface area contributed by atoms with Crippen LogP contribution in [-0.2, 0) is 16.9 Å². The first-order valence-corrected chi connectivity index (χ1v) is 7.48. The first-order chi connectivity index (χ1) is 8.21. The fourth-order valence-corrected chi connectivity index (χ4v) is 4.36. The molecule has 100 valence electrons. The summed E-state index contributed by atoms with van der Waals surface area (Å²) in [4.78, 5) is 12.1. The molecule has 1 aliphatic rings. The number of nitrogens with zero attached hydrogens (tertiary/aromatic N) is 1. The number of carbonyl (C=O) groups is 1. The van der Waals surface area contributed by atoms with Gasteiger partial charge < -0.3 is 15.6 Å². The molecule has 1 amide bonds. The summed E-state index contributed by atoms with van der Waals surface area (Å²) in [5, 5.41) is 2.79. The minimum absolute atomic E-state index is 0.00829. The highest BCUT2D eigenvalue weighted by atomic mass is 32.2. The van der Waals surface area contributed by atoms with Crippen LogP contribution in [0, 0.1) is 0 Å². The minimum Gasteiger partial charge on any atom is -0.397 e. The Morgan fingerprint density at radius 3 is 2.67 bits per heavy atom. The molecule has 0 aromatic carbocycles. The third-order valence-corrected chi connectivity index (χ3v) is 5.08. The van der Waals surface area contributed by atoms with Crippen LogP contribution in [0.1, 0.15) is 23.8 Å².